The number of rotatable bonds is 2. The van der Waals surface area contributed by atoms with Crippen molar-refractivity contribution in [2.24, 2.45) is 0 Å². The Bertz CT molecular complexity index is 511. The molecule has 2 aromatic carbocycles. The number of ether oxygens (including phenoxy) is 1. The third-order valence-electron chi connectivity index (χ3n) is 2.19. The summed E-state index contributed by atoms with van der Waals surface area (Å²) in [4.78, 5) is 0. The number of halogens is 1. The number of aryl methyl sites for hydroxylation is 1. The zero-order chi connectivity index (χ0) is 11.5. The van der Waals surface area contributed by atoms with E-state index in [4.69, 9.17) is 10.5 Å². The molecule has 2 nitrogen and oxygen atoms in total. The molecule has 0 atom stereocenters. The molecule has 0 bridgehead atoms. The van der Waals surface area contributed by atoms with Gasteiger partial charge >= 0.3 is 0 Å². The van der Waals surface area contributed by atoms with E-state index in [0.29, 0.717) is 17.2 Å². The van der Waals surface area contributed by atoms with Gasteiger partial charge in [0, 0.05) is 6.07 Å². The van der Waals surface area contributed by atoms with Crippen molar-refractivity contribution in [1.82, 2.24) is 0 Å². The summed E-state index contributed by atoms with van der Waals surface area (Å²) in [7, 11) is 0. The summed E-state index contributed by atoms with van der Waals surface area (Å²) in [5, 5.41) is 0. The second-order valence-corrected chi connectivity index (χ2v) is 3.60. The molecular weight excluding hydrogens is 205 g/mol. The number of anilines is 1. The molecule has 0 aliphatic rings. The summed E-state index contributed by atoms with van der Waals surface area (Å²) < 4.78 is 18.4. The topological polar surface area (TPSA) is 35.2 Å². The molecule has 0 heterocycles. The lowest BCUT2D eigenvalue weighted by Gasteiger charge is -2.08. The van der Waals surface area contributed by atoms with Crippen LogP contribution in [-0.4, -0.2) is 0 Å². The van der Waals surface area contributed by atoms with E-state index < -0.39 is 0 Å². The van der Waals surface area contributed by atoms with E-state index in [0.717, 1.165) is 5.56 Å². The Labute approximate surface area is 93.5 Å². The van der Waals surface area contributed by atoms with Gasteiger partial charge in [-0.2, -0.15) is 0 Å². The van der Waals surface area contributed by atoms with Crippen LogP contribution < -0.4 is 10.5 Å². The Morgan fingerprint density at radius 3 is 2.62 bits per heavy atom. The maximum Gasteiger partial charge on any atom is 0.150 e. The van der Waals surface area contributed by atoms with Crippen LogP contribution in [-0.2, 0) is 0 Å². The Morgan fingerprint density at radius 2 is 1.94 bits per heavy atom. The SMILES string of the molecule is Cc1ccc(Oc2cccc(F)c2)c(N)c1. The summed E-state index contributed by atoms with van der Waals surface area (Å²) in [6, 6.07) is 11.4. The number of hydrogen-bond acceptors (Lipinski definition) is 2. The third kappa shape index (κ3) is 2.31. The smallest absolute Gasteiger partial charge is 0.150 e. The average molecular weight is 217 g/mol. The summed E-state index contributed by atoms with van der Waals surface area (Å²) in [5.74, 6) is 0.648. The summed E-state index contributed by atoms with van der Waals surface area (Å²) in [6.45, 7) is 1.95. The van der Waals surface area contributed by atoms with Crippen molar-refractivity contribution in [2.75, 3.05) is 5.73 Å². The largest absolute Gasteiger partial charge is 0.455 e. The fraction of sp³-hybridized carbons (Fsp3) is 0.0769. The van der Waals surface area contributed by atoms with Crippen molar-refractivity contribution >= 4 is 5.69 Å². The van der Waals surface area contributed by atoms with Crippen LogP contribution in [0.4, 0.5) is 10.1 Å². The van der Waals surface area contributed by atoms with Crippen molar-refractivity contribution in [3.05, 3.63) is 53.8 Å². The third-order valence-corrected chi connectivity index (χ3v) is 2.19. The van der Waals surface area contributed by atoms with Gasteiger partial charge in [0.05, 0.1) is 5.69 Å². The van der Waals surface area contributed by atoms with E-state index in [1.165, 1.54) is 12.1 Å². The molecule has 16 heavy (non-hydrogen) atoms. The first-order chi connectivity index (χ1) is 7.65. The summed E-state index contributed by atoms with van der Waals surface area (Å²) in [6.07, 6.45) is 0. The van der Waals surface area contributed by atoms with E-state index in [-0.39, 0.29) is 5.82 Å². The molecule has 0 aliphatic carbocycles. The number of hydrogen-bond donors (Lipinski definition) is 1. The van der Waals surface area contributed by atoms with Crippen molar-refractivity contribution in [3.8, 4) is 11.5 Å². The van der Waals surface area contributed by atoms with Gasteiger partial charge in [-0.3, -0.25) is 0 Å². The molecule has 82 valence electrons. The van der Waals surface area contributed by atoms with Crippen LogP contribution in [0.3, 0.4) is 0 Å². The standard InChI is InChI=1S/C13H12FNO/c1-9-5-6-13(12(15)7-9)16-11-4-2-3-10(14)8-11/h2-8H,15H2,1H3. The molecule has 0 unspecified atom stereocenters. The van der Waals surface area contributed by atoms with Crippen LogP contribution in [0.5, 0.6) is 11.5 Å². The lowest BCUT2D eigenvalue weighted by molar-refractivity contribution is 0.479. The first-order valence-electron chi connectivity index (χ1n) is 4.95. The second-order valence-electron chi connectivity index (χ2n) is 3.60. The lowest BCUT2D eigenvalue weighted by atomic mass is 10.2. The van der Waals surface area contributed by atoms with Crippen LogP contribution >= 0.6 is 0 Å². The lowest BCUT2D eigenvalue weighted by Crippen LogP contribution is -1.92. The van der Waals surface area contributed by atoms with Crippen molar-refractivity contribution in [1.29, 1.82) is 0 Å². The highest BCUT2D eigenvalue weighted by molar-refractivity contribution is 5.55. The van der Waals surface area contributed by atoms with Gasteiger partial charge in [0.2, 0.25) is 0 Å². The molecule has 0 amide bonds. The Kier molecular flexibility index (Phi) is 2.77. The summed E-state index contributed by atoms with van der Waals surface area (Å²) >= 11 is 0. The zero-order valence-electron chi connectivity index (χ0n) is 8.91. The molecule has 0 saturated heterocycles. The van der Waals surface area contributed by atoms with E-state index in [1.54, 1.807) is 18.2 Å². The monoisotopic (exact) mass is 217 g/mol. The number of benzene rings is 2. The normalized spacial score (nSPS) is 10.1. The Morgan fingerprint density at radius 1 is 1.12 bits per heavy atom. The van der Waals surface area contributed by atoms with Crippen LogP contribution in [0, 0.1) is 12.7 Å². The maximum absolute atomic E-state index is 12.9. The maximum atomic E-state index is 12.9. The predicted octanol–water partition coefficient (Wildman–Crippen LogP) is 3.51. The van der Waals surface area contributed by atoms with Gasteiger partial charge in [0.15, 0.2) is 0 Å². The van der Waals surface area contributed by atoms with Crippen LogP contribution in [0.15, 0.2) is 42.5 Å². The Balaban J connectivity index is 2.27. The van der Waals surface area contributed by atoms with Gasteiger partial charge in [-0.25, -0.2) is 4.39 Å². The van der Waals surface area contributed by atoms with Crippen molar-refractivity contribution < 1.29 is 9.13 Å². The first kappa shape index (κ1) is 10.5. The quantitative estimate of drug-likeness (QED) is 0.781. The first-order valence-corrected chi connectivity index (χ1v) is 4.95. The van der Waals surface area contributed by atoms with Crippen LogP contribution in [0.2, 0.25) is 0 Å². The fourth-order valence-corrected chi connectivity index (χ4v) is 1.42. The Hall–Kier alpha value is -2.03. The molecule has 2 aromatic rings. The molecule has 3 heteroatoms. The van der Waals surface area contributed by atoms with E-state index in [2.05, 4.69) is 0 Å². The van der Waals surface area contributed by atoms with Gasteiger partial charge in [-0.1, -0.05) is 12.1 Å². The molecule has 0 spiro atoms. The number of nitrogen functional groups attached to an aromatic ring is 1. The molecular formula is C13H12FNO. The van der Waals surface area contributed by atoms with Gasteiger partial charge < -0.3 is 10.5 Å². The van der Waals surface area contributed by atoms with Crippen molar-refractivity contribution in [2.45, 2.75) is 6.92 Å². The molecule has 0 fully saturated rings. The van der Waals surface area contributed by atoms with E-state index >= 15 is 0 Å². The molecule has 0 saturated carbocycles. The molecule has 2 rings (SSSR count). The predicted molar refractivity (Wildman–Crippen MR) is 62.1 cm³/mol. The highest BCUT2D eigenvalue weighted by Gasteiger charge is 2.02. The van der Waals surface area contributed by atoms with E-state index in [1.807, 2.05) is 19.1 Å². The minimum atomic E-state index is -0.330. The van der Waals surface area contributed by atoms with Crippen molar-refractivity contribution in [3.63, 3.8) is 0 Å². The van der Waals surface area contributed by atoms with Gasteiger partial charge in [-0.05, 0) is 36.8 Å². The van der Waals surface area contributed by atoms with Crippen LogP contribution in [0.25, 0.3) is 0 Å². The molecule has 2 N–H and O–H groups in total. The highest BCUT2D eigenvalue weighted by Crippen LogP contribution is 2.28. The molecule has 0 aromatic heterocycles. The minimum Gasteiger partial charge on any atom is -0.455 e. The summed E-state index contributed by atoms with van der Waals surface area (Å²) in [5.41, 5.74) is 7.39. The van der Waals surface area contributed by atoms with Gasteiger partial charge in [0.1, 0.15) is 17.3 Å². The highest BCUT2D eigenvalue weighted by atomic mass is 19.1. The fourth-order valence-electron chi connectivity index (χ4n) is 1.42. The van der Waals surface area contributed by atoms with Gasteiger partial charge in [0.25, 0.3) is 0 Å². The molecule has 0 aliphatic heterocycles. The molecule has 0 radical (unpaired) electrons. The van der Waals surface area contributed by atoms with Crippen LogP contribution in [0.1, 0.15) is 5.56 Å². The van der Waals surface area contributed by atoms with Gasteiger partial charge in [-0.15, -0.1) is 0 Å². The zero-order valence-corrected chi connectivity index (χ0v) is 8.91. The minimum absolute atomic E-state index is 0.330. The average Bonchev–Trinajstić information content (AvgIpc) is 2.22. The number of nitrogens with two attached hydrogens (primary N) is 1. The van der Waals surface area contributed by atoms with E-state index in [9.17, 15) is 4.39 Å². The second kappa shape index (κ2) is 4.23.